The third-order valence-electron chi connectivity index (χ3n) is 2.03. The van der Waals surface area contributed by atoms with Gasteiger partial charge in [-0.05, 0) is 23.9 Å². The molecule has 6 heteroatoms. The van der Waals surface area contributed by atoms with E-state index < -0.39 is 0 Å². The molecule has 0 bridgehead atoms. The minimum Gasteiger partial charge on any atom is -0.341 e. The van der Waals surface area contributed by atoms with Crippen molar-refractivity contribution < 1.29 is 0 Å². The second-order valence-electron chi connectivity index (χ2n) is 3.05. The fraction of sp³-hybridized carbons (Fsp3) is 0. The first-order valence-electron chi connectivity index (χ1n) is 4.66. The SMILES string of the molecule is c1ccc(Sc2ncnc3nc[nH]c23)nc1. The molecule has 0 aliphatic heterocycles. The molecule has 0 aromatic carbocycles. The molecule has 5 nitrogen and oxygen atoms in total. The largest absolute Gasteiger partial charge is 0.341 e. The molecule has 3 heterocycles. The highest BCUT2D eigenvalue weighted by Crippen LogP contribution is 2.27. The van der Waals surface area contributed by atoms with Gasteiger partial charge >= 0.3 is 0 Å². The van der Waals surface area contributed by atoms with Crippen LogP contribution in [0.3, 0.4) is 0 Å². The van der Waals surface area contributed by atoms with Gasteiger partial charge in [0.15, 0.2) is 5.65 Å². The summed E-state index contributed by atoms with van der Waals surface area (Å²) in [7, 11) is 0. The van der Waals surface area contributed by atoms with E-state index in [4.69, 9.17) is 0 Å². The molecule has 0 atom stereocenters. The van der Waals surface area contributed by atoms with Crippen molar-refractivity contribution in [2.75, 3.05) is 0 Å². The lowest BCUT2D eigenvalue weighted by Crippen LogP contribution is -1.86. The van der Waals surface area contributed by atoms with Crippen LogP contribution in [-0.2, 0) is 0 Å². The second-order valence-corrected chi connectivity index (χ2v) is 4.06. The van der Waals surface area contributed by atoms with Crippen LogP contribution in [0.4, 0.5) is 0 Å². The summed E-state index contributed by atoms with van der Waals surface area (Å²) in [5.41, 5.74) is 1.52. The summed E-state index contributed by atoms with van der Waals surface area (Å²) >= 11 is 1.49. The van der Waals surface area contributed by atoms with Gasteiger partial charge in [-0.15, -0.1) is 0 Å². The number of H-pyrrole nitrogens is 1. The molecule has 0 amide bonds. The third-order valence-corrected chi connectivity index (χ3v) is 2.98. The van der Waals surface area contributed by atoms with Crippen LogP contribution in [0.2, 0.25) is 0 Å². The van der Waals surface area contributed by atoms with E-state index >= 15 is 0 Å². The normalized spacial score (nSPS) is 10.8. The molecule has 0 spiro atoms. The van der Waals surface area contributed by atoms with Crippen molar-refractivity contribution in [1.82, 2.24) is 24.9 Å². The van der Waals surface area contributed by atoms with E-state index in [2.05, 4.69) is 24.9 Å². The van der Waals surface area contributed by atoms with Gasteiger partial charge in [0.1, 0.15) is 21.9 Å². The van der Waals surface area contributed by atoms with E-state index in [0.29, 0.717) is 5.65 Å². The van der Waals surface area contributed by atoms with Gasteiger partial charge in [-0.2, -0.15) is 0 Å². The van der Waals surface area contributed by atoms with Crippen LogP contribution in [0.15, 0.2) is 47.1 Å². The zero-order valence-electron chi connectivity index (χ0n) is 8.16. The van der Waals surface area contributed by atoms with Crippen LogP contribution in [0, 0.1) is 0 Å². The van der Waals surface area contributed by atoms with Crippen LogP contribution >= 0.6 is 11.8 Å². The highest BCUT2D eigenvalue weighted by atomic mass is 32.2. The number of imidazole rings is 1. The van der Waals surface area contributed by atoms with Crippen molar-refractivity contribution in [3.63, 3.8) is 0 Å². The minimum atomic E-state index is 0.674. The Kier molecular flexibility index (Phi) is 2.26. The molecular formula is C10H7N5S. The number of aromatic amines is 1. The van der Waals surface area contributed by atoms with Gasteiger partial charge in [0.25, 0.3) is 0 Å². The second kappa shape index (κ2) is 3.90. The minimum absolute atomic E-state index is 0.674. The molecular weight excluding hydrogens is 222 g/mol. The maximum atomic E-state index is 4.23. The summed E-state index contributed by atoms with van der Waals surface area (Å²) < 4.78 is 0. The molecule has 3 aromatic rings. The topological polar surface area (TPSA) is 67.3 Å². The summed E-state index contributed by atoms with van der Waals surface area (Å²) in [6.07, 6.45) is 4.88. The van der Waals surface area contributed by atoms with Gasteiger partial charge in [-0.25, -0.2) is 19.9 Å². The zero-order chi connectivity index (χ0) is 10.8. The lowest BCUT2D eigenvalue weighted by Gasteiger charge is -1.99. The summed E-state index contributed by atoms with van der Waals surface area (Å²) in [4.78, 5) is 19.6. The molecule has 3 aromatic heterocycles. The molecule has 0 unspecified atom stereocenters. The predicted octanol–water partition coefficient (Wildman–Crippen LogP) is 1.90. The molecule has 78 valence electrons. The van der Waals surface area contributed by atoms with Gasteiger partial charge in [0.05, 0.1) is 6.33 Å². The molecule has 0 radical (unpaired) electrons. The predicted molar refractivity (Wildman–Crippen MR) is 60.0 cm³/mol. The van der Waals surface area contributed by atoms with Crippen LogP contribution in [0.25, 0.3) is 11.2 Å². The Balaban J connectivity index is 2.04. The Bertz CT molecular complexity index is 607. The fourth-order valence-corrected chi connectivity index (χ4v) is 2.14. The van der Waals surface area contributed by atoms with E-state index in [1.165, 1.54) is 18.1 Å². The summed E-state index contributed by atoms with van der Waals surface area (Å²) in [5, 5.41) is 1.73. The molecule has 0 aliphatic rings. The van der Waals surface area contributed by atoms with Crippen LogP contribution in [0.5, 0.6) is 0 Å². The number of aromatic nitrogens is 5. The maximum Gasteiger partial charge on any atom is 0.181 e. The van der Waals surface area contributed by atoms with E-state index in [1.54, 1.807) is 12.5 Å². The maximum absolute atomic E-state index is 4.23. The molecule has 0 aliphatic carbocycles. The van der Waals surface area contributed by atoms with Crippen LogP contribution in [-0.4, -0.2) is 24.9 Å². The lowest BCUT2D eigenvalue weighted by atomic mass is 10.5. The quantitative estimate of drug-likeness (QED) is 0.680. The van der Waals surface area contributed by atoms with E-state index in [9.17, 15) is 0 Å². The van der Waals surface area contributed by atoms with E-state index in [-0.39, 0.29) is 0 Å². The Morgan fingerprint density at radius 3 is 2.94 bits per heavy atom. The average Bonchev–Trinajstić information content (AvgIpc) is 2.80. The van der Waals surface area contributed by atoms with Gasteiger partial charge in [-0.1, -0.05) is 6.07 Å². The number of nitrogens with one attached hydrogen (secondary N) is 1. The van der Waals surface area contributed by atoms with Gasteiger partial charge in [0.2, 0.25) is 0 Å². The first-order chi connectivity index (χ1) is 7.93. The van der Waals surface area contributed by atoms with Gasteiger partial charge < -0.3 is 4.98 Å². The van der Waals surface area contributed by atoms with E-state index in [1.807, 2.05) is 18.2 Å². The van der Waals surface area contributed by atoms with E-state index in [0.717, 1.165) is 15.6 Å². The standard InChI is InChI=1S/C10H7N5S/c1-2-4-11-7(3-1)16-10-8-9(13-5-12-8)14-6-15-10/h1-6H,(H,12,13,14,15). The zero-order valence-corrected chi connectivity index (χ0v) is 8.98. The summed E-state index contributed by atoms with van der Waals surface area (Å²) in [6.45, 7) is 0. The van der Waals surface area contributed by atoms with Crippen molar-refractivity contribution >= 4 is 22.9 Å². The van der Waals surface area contributed by atoms with Crippen molar-refractivity contribution in [2.45, 2.75) is 10.1 Å². The highest BCUT2D eigenvalue weighted by molar-refractivity contribution is 7.99. The Hall–Kier alpha value is -1.95. The number of rotatable bonds is 2. The fourth-order valence-electron chi connectivity index (χ4n) is 1.33. The van der Waals surface area contributed by atoms with Crippen molar-refractivity contribution in [3.8, 4) is 0 Å². The van der Waals surface area contributed by atoms with Crippen LogP contribution in [0.1, 0.15) is 0 Å². The smallest absolute Gasteiger partial charge is 0.181 e. The third kappa shape index (κ3) is 1.63. The Morgan fingerprint density at radius 2 is 2.06 bits per heavy atom. The number of pyridine rings is 1. The Labute approximate surface area is 95.4 Å². The molecule has 1 N–H and O–H groups in total. The molecule has 0 saturated heterocycles. The van der Waals surface area contributed by atoms with Crippen molar-refractivity contribution in [2.24, 2.45) is 0 Å². The number of fused-ring (bicyclic) bond motifs is 1. The molecule has 16 heavy (non-hydrogen) atoms. The molecule has 3 rings (SSSR count). The van der Waals surface area contributed by atoms with Crippen LogP contribution < -0.4 is 0 Å². The van der Waals surface area contributed by atoms with Crippen molar-refractivity contribution in [1.29, 1.82) is 0 Å². The number of hydrogen-bond acceptors (Lipinski definition) is 5. The summed E-state index contributed by atoms with van der Waals surface area (Å²) in [6, 6.07) is 5.77. The molecule has 0 saturated carbocycles. The van der Waals surface area contributed by atoms with Gasteiger partial charge in [0, 0.05) is 6.20 Å². The molecule has 0 fully saturated rings. The average molecular weight is 229 g/mol. The number of nitrogens with zero attached hydrogens (tertiary/aromatic N) is 4. The Morgan fingerprint density at radius 1 is 1.06 bits per heavy atom. The summed E-state index contributed by atoms with van der Waals surface area (Å²) in [5.74, 6) is 0. The first-order valence-corrected chi connectivity index (χ1v) is 5.48. The number of hydrogen-bond donors (Lipinski definition) is 1. The van der Waals surface area contributed by atoms with Gasteiger partial charge in [-0.3, -0.25) is 0 Å². The highest BCUT2D eigenvalue weighted by Gasteiger charge is 2.07. The first kappa shape index (κ1) is 9.29. The monoisotopic (exact) mass is 229 g/mol. The lowest BCUT2D eigenvalue weighted by molar-refractivity contribution is 1.07. The van der Waals surface area contributed by atoms with Crippen molar-refractivity contribution in [3.05, 3.63) is 37.1 Å².